The fourth-order valence-electron chi connectivity index (χ4n) is 3.28. The summed E-state index contributed by atoms with van der Waals surface area (Å²) in [5.74, 6) is 0.0681. The third-order valence-electron chi connectivity index (χ3n) is 4.88. The van der Waals surface area contributed by atoms with Crippen LogP contribution in [0.2, 0.25) is 0 Å². The van der Waals surface area contributed by atoms with Gasteiger partial charge in [-0.3, -0.25) is 19.3 Å². The zero-order valence-electron chi connectivity index (χ0n) is 16.6. The molecule has 0 spiro atoms. The van der Waals surface area contributed by atoms with Gasteiger partial charge in [0, 0.05) is 13.0 Å². The standard InChI is InChI=1S/C22H20N2O5S/c1-13-7-8-15-16(11-13)22(27)24(21(15)26)9-3-6-19(25)28-12-17-14(2)29-20(23-17)18-5-4-10-30-18/h4-5,7-8,10-11H,3,6,9,12H2,1-2H3. The van der Waals surface area contributed by atoms with Gasteiger partial charge in [0.1, 0.15) is 18.1 Å². The van der Waals surface area contributed by atoms with Gasteiger partial charge in [0.2, 0.25) is 5.89 Å². The second-order valence-electron chi connectivity index (χ2n) is 7.07. The van der Waals surface area contributed by atoms with E-state index in [1.807, 2.05) is 24.4 Å². The number of amides is 2. The molecule has 0 bridgehead atoms. The molecule has 7 nitrogen and oxygen atoms in total. The van der Waals surface area contributed by atoms with Gasteiger partial charge in [0.25, 0.3) is 11.8 Å². The van der Waals surface area contributed by atoms with Crippen molar-refractivity contribution in [2.75, 3.05) is 6.54 Å². The molecule has 0 aliphatic carbocycles. The van der Waals surface area contributed by atoms with Crippen LogP contribution in [0.15, 0.2) is 40.1 Å². The summed E-state index contributed by atoms with van der Waals surface area (Å²) in [7, 11) is 0. The van der Waals surface area contributed by atoms with E-state index in [1.54, 1.807) is 25.1 Å². The number of oxazole rings is 1. The van der Waals surface area contributed by atoms with Crippen molar-refractivity contribution < 1.29 is 23.5 Å². The molecule has 3 aromatic rings. The van der Waals surface area contributed by atoms with Gasteiger partial charge in [0.15, 0.2) is 0 Å². The molecule has 4 rings (SSSR count). The third-order valence-corrected chi connectivity index (χ3v) is 5.74. The molecule has 0 unspecified atom stereocenters. The van der Waals surface area contributed by atoms with Gasteiger partial charge in [-0.05, 0) is 43.8 Å². The topological polar surface area (TPSA) is 89.7 Å². The number of aryl methyl sites for hydroxylation is 2. The van der Waals surface area contributed by atoms with Crippen LogP contribution in [-0.4, -0.2) is 34.2 Å². The number of hydrogen-bond acceptors (Lipinski definition) is 7. The molecule has 0 saturated heterocycles. The lowest BCUT2D eigenvalue weighted by molar-refractivity contribution is -0.145. The minimum atomic E-state index is -0.414. The predicted octanol–water partition coefficient (Wildman–Crippen LogP) is 4.14. The number of fused-ring (bicyclic) bond motifs is 1. The largest absolute Gasteiger partial charge is 0.459 e. The number of benzene rings is 1. The smallest absolute Gasteiger partial charge is 0.306 e. The lowest BCUT2D eigenvalue weighted by Gasteiger charge is -2.13. The van der Waals surface area contributed by atoms with Gasteiger partial charge < -0.3 is 9.15 Å². The summed E-state index contributed by atoms with van der Waals surface area (Å²) in [6.07, 6.45) is 0.433. The third kappa shape index (κ3) is 3.91. The van der Waals surface area contributed by atoms with Crippen molar-refractivity contribution in [1.82, 2.24) is 9.88 Å². The first kappa shape index (κ1) is 20.0. The van der Waals surface area contributed by atoms with E-state index in [0.717, 1.165) is 10.4 Å². The molecule has 2 amide bonds. The van der Waals surface area contributed by atoms with Crippen LogP contribution in [0.25, 0.3) is 10.8 Å². The van der Waals surface area contributed by atoms with Gasteiger partial charge in [0.05, 0.1) is 16.0 Å². The van der Waals surface area contributed by atoms with Crippen LogP contribution in [0.1, 0.15) is 50.6 Å². The molecule has 0 saturated carbocycles. The lowest BCUT2D eigenvalue weighted by Crippen LogP contribution is -2.31. The molecule has 0 radical (unpaired) electrons. The fraction of sp³-hybridized carbons (Fsp3) is 0.273. The van der Waals surface area contributed by atoms with Gasteiger partial charge in [-0.25, -0.2) is 4.98 Å². The number of carbonyl (C=O) groups excluding carboxylic acids is 3. The molecule has 1 aromatic carbocycles. The zero-order valence-corrected chi connectivity index (χ0v) is 17.5. The first-order valence-electron chi connectivity index (χ1n) is 9.56. The van der Waals surface area contributed by atoms with E-state index in [1.165, 1.54) is 16.2 Å². The van der Waals surface area contributed by atoms with Crippen molar-refractivity contribution in [2.45, 2.75) is 33.3 Å². The maximum absolute atomic E-state index is 12.5. The summed E-state index contributed by atoms with van der Waals surface area (Å²) in [5.41, 5.74) is 2.33. The van der Waals surface area contributed by atoms with E-state index in [4.69, 9.17) is 9.15 Å². The van der Waals surface area contributed by atoms with Crippen LogP contribution in [0.4, 0.5) is 0 Å². The van der Waals surface area contributed by atoms with Gasteiger partial charge >= 0.3 is 5.97 Å². The summed E-state index contributed by atoms with van der Waals surface area (Å²) < 4.78 is 10.9. The molecule has 8 heteroatoms. The molecular weight excluding hydrogens is 404 g/mol. The average Bonchev–Trinajstić information content (AvgIpc) is 3.42. The molecule has 0 fully saturated rings. The molecular formula is C22H20N2O5S. The number of carbonyl (C=O) groups is 3. The van der Waals surface area contributed by atoms with Crippen molar-refractivity contribution in [3.05, 3.63) is 63.9 Å². The van der Waals surface area contributed by atoms with E-state index in [0.29, 0.717) is 34.9 Å². The number of imide groups is 1. The average molecular weight is 424 g/mol. The first-order chi connectivity index (χ1) is 14.4. The van der Waals surface area contributed by atoms with Crippen LogP contribution in [-0.2, 0) is 16.1 Å². The fourth-order valence-corrected chi connectivity index (χ4v) is 3.93. The maximum Gasteiger partial charge on any atom is 0.306 e. The number of esters is 1. The van der Waals surface area contributed by atoms with Crippen molar-refractivity contribution in [3.63, 3.8) is 0 Å². The molecule has 0 N–H and O–H groups in total. The maximum atomic E-state index is 12.5. The monoisotopic (exact) mass is 424 g/mol. The minimum absolute atomic E-state index is 0.0197. The van der Waals surface area contributed by atoms with Crippen molar-refractivity contribution in [2.24, 2.45) is 0 Å². The van der Waals surface area contributed by atoms with E-state index in [-0.39, 0.29) is 31.4 Å². The Balaban J connectivity index is 1.27. The van der Waals surface area contributed by atoms with Crippen LogP contribution >= 0.6 is 11.3 Å². The van der Waals surface area contributed by atoms with Crippen molar-refractivity contribution in [1.29, 1.82) is 0 Å². The molecule has 30 heavy (non-hydrogen) atoms. The predicted molar refractivity (Wildman–Crippen MR) is 110 cm³/mol. The second kappa shape index (κ2) is 8.23. The highest BCUT2D eigenvalue weighted by Crippen LogP contribution is 2.26. The first-order valence-corrected chi connectivity index (χ1v) is 10.4. The SMILES string of the molecule is Cc1ccc2c(c1)C(=O)N(CCCC(=O)OCc1nc(-c3cccs3)oc1C)C2=O. The van der Waals surface area contributed by atoms with Crippen molar-refractivity contribution in [3.8, 4) is 10.8 Å². The quantitative estimate of drug-likeness (QED) is 0.418. The normalized spacial score (nSPS) is 13.1. The Bertz CT molecular complexity index is 1120. The Kier molecular flexibility index (Phi) is 5.50. The van der Waals surface area contributed by atoms with Crippen molar-refractivity contribution >= 4 is 29.1 Å². The molecule has 2 aromatic heterocycles. The minimum Gasteiger partial charge on any atom is -0.459 e. The summed E-state index contributed by atoms with van der Waals surface area (Å²) in [5, 5.41) is 1.93. The number of aromatic nitrogens is 1. The van der Waals surface area contributed by atoms with E-state index in [9.17, 15) is 14.4 Å². The van der Waals surface area contributed by atoms with E-state index in [2.05, 4.69) is 4.98 Å². The Hall–Kier alpha value is -3.26. The van der Waals surface area contributed by atoms with Crippen LogP contribution < -0.4 is 0 Å². The highest BCUT2D eigenvalue weighted by molar-refractivity contribution is 7.13. The number of thiophene rings is 1. The zero-order chi connectivity index (χ0) is 21.3. The number of hydrogen-bond donors (Lipinski definition) is 0. The summed E-state index contributed by atoms with van der Waals surface area (Å²) >= 11 is 1.52. The second-order valence-corrected chi connectivity index (χ2v) is 8.02. The Morgan fingerprint density at radius 1 is 1.17 bits per heavy atom. The number of nitrogens with zero attached hydrogens (tertiary/aromatic N) is 2. The van der Waals surface area contributed by atoms with Crippen LogP contribution in [0.5, 0.6) is 0 Å². The van der Waals surface area contributed by atoms with Gasteiger partial charge in [-0.1, -0.05) is 17.7 Å². The molecule has 1 aliphatic heterocycles. The van der Waals surface area contributed by atoms with Crippen LogP contribution in [0.3, 0.4) is 0 Å². The lowest BCUT2D eigenvalue weighted by atomic mass is 10.1. The van der Waals surface area contributed by atoms with Gasteiger partial charge in [-0.15, -0.1) is 11.3 Å². The van der Waals surface area contributed by atoms with E-state index >= 15 is 0 Å². The summed E-state index contributed by atoms with van der Waals surface area (Å²) in [6, 6.07) is 9.01. The van der Waals surface area contributed by atoms with Gasteiger partial charge in [-0.2, -0.15) is 0 Å². The number of ether oxygens (including phenoxy) is 1. The summed E-state index contributed by atoms with van der Waals surface area (Å²) in [4.78, 5) is 43.4. The highest BCUT2D eigenvalue weighted by atomic mass is 32.1. The van der Waals surface area contributed by atoms with E-state index < -0.39 is 5.97 Å². The Morgan fingerprint density at radius 2 is 1.97 bits per heavy atom. The molecule has 3 heterocycles. The Labute approximate surface area is 177 Å². The summed E-state index contributed by atoms with van der Waals surface area (Å²) in [6.45, 7) is 3.84. The molecule has 154 valence electrons. The van der Waals surface area contributed by atoms with Crippen LogP contribution in [0, 0.1) is 13.8 Å². The Morgan fingerprint density at radius 3 is 2.73 bits per heavy atom. The highest BCUT2D eigenvalue weighted by Gasteiger charge is 2.35. The molecule has 1 aliphatic rings. The number of rotatable bonds is 7. The molecule has 0 atom stereocenters.